The lowest BCUT2D eigenvalue weighted by Crippen LogP contribution is -2.55. The molecule has 2 rings (SSSR count). The Labute approximate surface area is 110 Å². The minimum Gasteiger partial charge on any atom is -0.480 e. The van der Waals surface area contributed by atoms with E-state index in [1.165, 1.54) is 4.90 Å². The van der Waals surface area contributed by atoms with Crippen LogP contribution in [0, 0.1) is 0 Å². The van der Waals surface area contributed by atoms with Crippen LogP contribution in [0.15, 0.2) is 24.5 Å². The fourth-order valence-corrected chi connectivity index (χ4v) is 2.21. The minimum atomic E-state index is -1.46. The van der Waals surface area contributed by atoms with Gasteiger partial charge >= 0.3 is 11.9 Å². The zero-order valence-electron chi connectivity index (χ0n) is 10.3. The maximum Gasteiger partial charge on any atom is 0.332 e. The quantitative estimate of drug-likeness (QED) is 0.724. The number of anilines is 1. The molecule has 0 radical (unpaired) electrons. The number of aromatic nitrogens is 1. The van der Waals surface area contributed by atoms with Crippen molar-refractivity contribution >= 4 is 17.6 Å². The van der Waals surface area contributed by atoms with E-state index >= 15 is 0 Å². The number of hydrogen-bond acceptors (Lipinski definition) is 5. The summed E-state index contributed by atoms with van der Waals surface area (Å²) in [6, 6.07) is 2.29. The molecular weight excluding hydrogens is 250 g/mol. The van der Waals surface area contributed by atoms with E-state index in [0.29, 0.717) is 26.2 Å². The summed E-state index contributed by atoms with van der Waals surface area (Å²) in [7, 11) is 0. The maximum absolute atomic E-state index is 10.9. The summed E-state index contributed by atoms with van der Waals surface area (Å²) < 4.78 is 0. The Kier molecular flexibility index (Phi) is 3.96. The number of hydrogen-bond donors (Lipinski definition) is 2. The summed E-state index contributed by atoms with van der Waals surface area (Å²) in [4.78, 5) is 29.4. The van der Waals surface area contributed by atoms with Crippen molar-refractivity contribution in [3.05, 3.63) is 24.5 Å². The Morgan fingerprint density at radius 1 is 1.05 bits per heavy atom. The van der Waals surface area contributed by atoms with Crippen LogP contribution in [0.3, 0.4) is 0 Å². The van der Waals surface area contributed by atoms with Crippen molar-refractivity contribution in [3.63, 3.8) is 0 Å². The van der Waals surface area contributed by atoms with Gasteiger partial charge in [-0.2, -0.15) is 0 Å². The zero-order valence-corrected chi connectivity index (χ0v) is 10.3. The first-order valence-corrected chi connectivity index (χ1v) is 5.94. The van der Waals surface area contributed by atoms with E-state index in [4.69, 9.17) is 10.2 Å². The number of carboxylic acid groups (broad SMARTS) is 2. The van der Waals surface area contributed by atoms with Crippen molar-refractivity contribution in [1.29, 1.82) is 0 Å². The number of rotatable bonds is 4. The number of piperazine rings is 1. The van der Waals surface area contributed by atoms with Gasteiger partial charge in [0.1, 0.15) is 0 Å². The molecule has 0 bridgehead atoms. The van der Waals surface area contributed by atoms with Crippen LogP contribution in [0.2, 0.25) is 0 Å². The van der Waals surface area contributed by atoms with Crippen LogP contribution in [0.5, 0.6) is 0 Å². The molecule has 1 aromatic rings. The molecule has 1 aromatic heterocycles. The van der Waals surface area contributed by atoms with Crippen LogP contribution < -0.4 is 4.90 Å². The molecule has 0 aromatic carbocycles. The molecule has 1 aliphatic rings. The van der Waals surface area contributed by atoms with Gasteiger partial charge in [-0.15, -0.1) is 0 Å². The third-order valence-corrected chi connectivity index (χ3v) is 3.18. The second-order valence-electron chi connectivity index (χ2n) is 4.31. The Bertz CT molecular complexity index is 443. The Morgan fingerprint density at radius 2 is 1.58 bits per heavy atom. The summed E-state index contributed by atoms with van der Waals surface area (Å²) in [6.45, 7) is 2.01. The van der Waals surface area contributed by atoms with Crippen LogP contribution in [0.1, 0.15) is 0 Å². The summed E-state index contributed by atoms with van der Waals surface area (Å²) in [5.74, 6) is -2.63. The number of aliphatic carboxylic acids is 2. The summed E-state index contributed by atoms with van der Waals surface area (Å²) in [6.07, 6.45) is 3.39. The Morgan fingerprint density at radius 3 is 2.05 bits per heavy atom. The average Bonchev–Trinajstić information content (AvgIpc) is 2.40. The van der Waals surface area contributed by atoms with Gasteiger partial charge < -0.3 is 15.1 Å². The fourth-order valence-electron chi connectivity index (χ4n) is 2.21. The first-order valence-electron chi connectivity index (χ1n) is 5.94. The lowest BCUT2D eigenvalue weighted by atomic mass is 10.2. The highest BCUT2D eigenvalue weighted by Gasteiger charge is 2.34. The minimum absolute atomic E-state index is 0.408. The summed E-state index contributed by atoms with van der Waals surface area (Å²) in [5, 5.41) is 17.9. The molecule has 0 atom stereocenters. The van der Waals surface area contributed by atoms with Crippen LogP contribution in [0.25, 0.3) is 0 Å². The van der Waals surface area contributed by atoms with Gasteiger partial charge in [-0.05, 0) is 12.1 Å². The molecule has 102 valence electrons. The first kappa shape index (κ1) is 13.3. The van der Waals surface area contributed by atoms with Crippen molar-refractivity contribution in [2.45, 2.75) is 6.04 Å². The van der Waals surface area contributed by atoms with E-state index in [2.05, 4.69) is 9.88 Å². The van der Waals surface area contributed by atoms with Gasteiger partial charge in [0, 0.05) is 44.3 Å². The van der Waals surface area contributed by atoms with Crippen LogP contribution in [-0.4, -0.2) is 64.3 Å². The highest BCUT2D eigenvalue weighted by Crippen LogP contribution is 2.16. The Hall–Kier alpha value is -2.15. The van der Waals surface area contributed by atoms with Gasteiger partial charge in [0.05, 0.1) is 0 Å². The SMILES string of the molecule is O=C(O)C(C(=O)O)N1CCN(c2ccncc2)CC1. The predicted octanol–water partition coefficient (Wildman–Crippen LogP) is -0.259. The number of nitrogens with zero attached hydrogens (tertiary/aromatic N) is 3. The highest BCUT2D eigenvalue weighted by molar-refractivity contribution is 5.97. The normalized spacial score (nSPS) is 16.6. The monoisotopic (exact) mass is 265 g/mol. The average molecular weight is 265 g/mol. The van der Waals surface area contributed by atoms with Gasteiger partial charge in [0.15, 0.2) is 0 Å². The number of pyridine rings is 1. The molecule has 19 heavy (non-hydrogen) atoms. The molecule has 2 N–H and O–H groups in total. The summed E-state index contributed by atoms with van der Waals surface area (Å²) >= 11 is 0. The van der Waals surface area contributed by atoms with Crippen LogP contribution in [-0.2, 0) is 9.59 Å². The van der Waals surface area contributed by atoms with Crippen molar-refractivity contribution in [2.24, 2.45) is 0 Å². The number of carbonyl (C=O) groups is 2. The topological polar surface area (TPSA) is 94.0 Å². The largest absolute Gasteiger partial charge is 0.480 e. The van der Waals surface area contributed by atoms with Crippen molar-refractivity contribution in [2.75, 3.05) is 31.1 Å². The second-order valence-corrected chi connectivity index (χ2v) is 4.31. The molecule has 0 spiro atoms. The molecule has 0 amide bonds. The van der Waals surface area contributed by atoms with Gasteiger partial charge in [0.2, 0.25) is 6.04 Å². The van der Waals surface area contributed by atoms with E-state index in [-0.39, 0.29) is 0 Å². The maximum atomic E-state index is 10.9. The van der Waals surface area contributed by atoms with Crippen molar-refractivity contribution < 1.29 is 19.8 Å². The van der Waals surface area contributed by atoms with Gasteiger partial charge in [0.25, 0.3) is 0 Å². The highest BCUT2D eigenvalue weighted by atomic mass is 16.4. The Balaban J connectivity index is 1.99. The van der Waals surface area contributed by atoms with E-state index in [0.717, 1.165) is 5.69 Å². The van der Waals surface area contributed by atoms with Gasteiger partial charge in [-0.3, -0.25) is 9.88 Å². The molecule has 1 saturated heterocycles. The van der Waals surface area contributed by atoms with Gasteiger partial charge in [-0.1, -0.05) is 0 Å². The number of carboxylic acids is 2. The molecule has 7 nitrogen and oxygen atoms in total. The smallest absolute Gasteiger partial charge is 0.332 e. The molecule has 0 unspecified atom stereocenters. The molecule has 0 saturated carbocycles. The standard InChI is InChI=1S/C12H15N3O4/c16-11(17)10(12(18)19)15-7-5-14(6-8-15)9-1-3-13-4-2-9/h1-4,10H,5-8H2,(H,16,17)(H,18,19). The second kappa shape index (κ2) is 5.66. The molecule has 7 heteroatoms. The lowest BCUT2D eigenvalue weighted by molar-refractivity contribution is -0.156. The van der Waals surface area contributed by atoms with Gasteiger partial charge in [-0.25, -0.2) is 9.59 Å². The molecule has 0 aliphatic carbocycles. The fraction of sp³-hybridized carbons (Fsp3) is 0.417. The van der Waals surface area contributed by atoms with E-state index in [9.17, 15) is 9.59 Å². The molecule has 2 heterocycles. The molecule has 1 fully saturated rings. The van der Waals surface area contributed by atoms with Crippen LogP contribution in [0.4, 0.5) is 5.69 Å². The third kappa shape index (κ3) is 3.00. The van der Waals surface area contributed by atoms with Crippen molar-refractivity contribution in [3.8, 4) is 0 Å². The van der Waals surface area contributed by atoms with E-state index in [1.54, 1.807) is 12.4 Å². The van der Waals surface area contributed by atoms with Crippen LogP contribution >= 0.6 is 0 Å². The van der Waals surface area contributed by atoms with E-state index < -0.39 is 18.0 Å². The predicted molar refractivity (Wildman–Crippen MR) is 67.1 cm³/mol. The summed E-state index contributed by atoms with van der Waals surface area (Å²) in [5.41, 5.74) is 1.01. The molecule has 1 aliphatic heterocycles. The molecular formula is C12H15N3O4. The lowest BCUT2D eigenvalue weighted by Gasteiger charge is -2.37. The van der Waals surface area contributed by atoms with Crippen molar-refractivity contribution in [1.82, 2.24) is 9.88 Å². The van der Waals surface area contributed by atoms with E-state index in [1.807, 2.05) is 12.1 Å². The third-order valence-electron chi connectivity index (χ3n) is 3.18. The first-order chi connectivity index (χ1) is 9.09. The zero-order chi connectivity index (χ0) is 13.8.